The molecule has 1 heterocycles. The van der Waals surface area contributed by atoms with Gasteiger partial charge in [0.1, 0.15) is 0 Å². The van der Waals surface area contributed by atoms with Crippen molar-refractivity contribution in [3.8, 4) is 0 Å². The van der Waals surface area contributed by atoms with Crippen LogP contribution in [0.2, 0.25) is 0 Å². The second kappa shape index (κ2) is 11.5. The van der Waals surface area contributed by atoms with Gasteiger partial charge in [-0.15, -0.1) is 6.58 Å². The van der Waals surface area contributed by atoms with Crippen molar-refractivity contribution in [2.24, 2.45) is 10.9 Å². The second-order valence-electron chi connectivity index (χ2n) is 6.44. The smallest absolute Gasteiger partial charge is 0.193 e. The molecular weight excluding hydrogens is 272 g/mol. The van der Waals surface area contributed by atoms with Gasteiger partial charge in [0, 0.05) is 33.7 Å². The van der Waals surface area contributed by atoms with Gasteiger partial charge >= 0.3 is 0 Å². The Balaban J connectivity index is 2.20. The Bertz CT molecular complexity index is 327. The predicted molar refractivity (Wildman–Crippen MR) is 97.5 cm³/mol. The first-order chi connectivity index (χ1) is 10.7. The fourth-order valence-corrected chi connectivity index (χ4v) is 3.14. The molecule has 4 heteroatoms. The van der Waals surface area contributed by atoms with Gasteiger partial charge in [-0.3, -0.25) is 4.99 Å². The van der Waals surface area contributed by atoms with E-state index in [4.69, 9.17) is 0 Å². The van der Waals surface area contributed by atoms with E-state index in [1.54, 1.807) is 0 Å². The Morgan fingerprint density at radius 2 is 2.23 bits per heavy atom. The number of likely N-dealkylation sites (tertiary alicyclic amines) is 1. The summed E-state index contributed by atoms with van der Waals surface area (Å²) in [5, 5.41) is 3.56. The first-order valence-electron chi connectivity index (χ1n) is 8.96. The molecule has 4 nitrogen and oxygen atoms in total. The highest BCUT2D eigenvalue weighted by Gasteiger charge is 2.21. The van der Waals surface area contributed by atoms with E-state index in [0.29, 0.717) is 0 Å². The third-order valence-corrected chi connectivity index (χ3v) is 4.43. The molecule has 0 amide bonds. The lowest BCUT2D eigenvalue weighted by molar-refractivity contribution is 0.324. The molecule has 0 aliphatic carbocycles. The molecular formula is C18H36N4. The van der Waals surface area contributed by atoms with Crippen molar-refractivity contribution in [2.45, 2.75) is 45.4 Å². The number of hydrogen-bond donors (Lipinski definition) is 1. The van der Waals surface area contributed by atoms with Gasteiger partial charge in [-0.1, -0.05) is 19.4 Å². The van der Waals surface area contributed by atoms with Gasteiger partial charge in [-0.2, -0.15) is 0 Å². The summed E-state index contributed by atoms with van der Waals surface area (Å²) in [5.41, 5.74) is 0. The lowest BCUT2D eigenvalue weighted by atomic mass is 10.1. The van der Waals surface area contributed by atoms with E-state index >= 15 is 0 Å². The van der Waals surface area contributed by atoms with Crippen molar-refractivity contribution in [1.29, 1.82) is 0 Å². The third kappa shape index (κ3) is 7.30. The van der Waals surface area contributed by atoms with Crippen molar-refractivity contribution >= 4 is 5.96 Å². The molecule has 1 fully saturated rings. The lowest BCUT2D eigenvalue weighted by Gasteiger charge is -2.23. The van der Waals surface area contributed by atoms with E-state index in [2.05, 4.69) is 40.7 Å². The van der Waals surface area contributed by atoms with Crippen LogP contribution in [0.5, 0.6) is 0 Å². The van der Waals surface area contributed by atoms with Crippen LogP contribution in [-0.4, -0.2) is 62.6 Å². The highest BCUT2D eigenvalue weighted by atomic mass is 15.3. The molecule has 0 aromatic rings. The van der Waals surface area contributed by atoms with Crippen molar-refractivity contribution in [2.75, 3.05) is 46.8 Å². The molecule has 22 heavy (non-hydrogen) atoms. The quantitative estimate of drug-likeness (QED) is 0.291. The zero-order valence-electron chi connectivity index (χ0n) is 15.0. The number of nitrogens with zero attached hydrogens (tertiary/aromatic N) is 3. The molecule has 1 saturated heterocycles. The van der Waals surface area contributed by atoms with E-state index < -0.39 is 0 Å². The fraction of sp³-hybridized carbons (Fsp3) is 0.833. The van der Waals surface area contributed by atoms with Crippen molar-refractivity contribution < 1.29 is 0 Å². The molecule has 0 aromatic carbocycles. The van der Waals surface area contributed by atoms with Crippen LogP contribution in [0.3, 0.4) is 0 Å². The van der Waals surface area contributed by atoms with Gasteiger partial charge in [0.2, 0.25) is 0 Å². The largest absolute Gasteiger partial charge is 0.356 e. The van der Waals surface area contributed by atoms with Crippen molar-refractivity contribution in [3.63, 3.8) is 0 Å². The van der Waals surface area contributed by atoms with Gasteiger partial charge in [-0.05, 0) is 51.1 Å². The number of rotatable bonds is 10. The van der Waals surface area contributed by atoms with E-state index in [1.165, 1.54) is 51.7 Å². The van der Waals surface area contributed by atoms with Gasteiger partial charge in [0.15, 0.2) is 5.96 Å². The molecule has 1 unspecified atom stereocenters. The minimum Gasteiger partial charge on any atom is -0.356 e. The number of unbranched alkanes of at least 4 members (excludes halogenated alkanes) is 3. The Labute approximate surface area is 137 Å². The second-order valence-corrected chi connectivity index (χ2v) is 6.44. The Morgan fingerprint density at radius 1 is 1.41 bits per heavy atom. The van der Waals surface area contributed by atoms with Crippen LogP contribution in [0, 0.1) is 5.92 Å². The maximum Gasteiger partial charge on any atom is 0.193 e. The molecule has 1 atom stereocenters. The molecule has 0 radical (unpaired) electrons. The Morgan fingerprint density at radius 3 is 2.91 bits per heavy atom. The summed E-state index contributed by atoms with van der Waals surface area (Å²) < 4.78 is 0. The molecule has 0 saturated carbocycles. The molecule has 128 valence electrons. The van der Waals surface area contributed by atoms with Gasteiger partial charge < -0.3 is 15.1 Å². The summed E-state index contributed by atoms with van der Waals surface area (Å²) in [6, 6.07) is 0. The van der Waals surface area contributed by atoms with Gasteiger partial charge in [0.25, 0.3) is 0 Å². The Kier molecular flexibility index (Phi) is 9.96. The summed E-state index contributed by atoms with van der Waals surface area (Å²) in [6.07, 6.45) is 9.45. The molecule has 0 spiro atoms. The monoisotopic (exact) mass is 308 g/mol. The first kappa shape index (κ1) is 19.0. The minimum atomic E-state index is 0.768. The van der Waals surface area contributed by atoms with Crippen LogP contribution in [0.1, 0.15) is 45.4 Å². The number of guanidine groups is 1. The third-order valence-electron chi connectivity index (χ3n) is 4.43. The summed E-state index contributed by atoms with van der Waals surface area (Å²) >= 11 is 0. The average Bonchev–Trinajstić information content (AvgIpc) is 2.96. The topological polar surface area (TPSA) is 30.9 Å². The summed E-state index contributed by atoms with van der Waals surface area (Å²) in [5.74, 6) is 1.81. The summed E-state index contributed by atoms with van der Waals surface area (Å²) in [4.78, 5) is 9.26. The molecule has 1 aliphatic heterocycles. The molecule has 1 aliphatic rings. The summed E-state index contributed by atoms with van der Waals surface area (Å²) in [6.45, 7) is 11.9. The maximum atomic E-state index is 4.42. The average molecular weight is 309 g/mol. The predicted octanol–water partition coefficient (Wildman–Crippen LogP) is 2.97. The van der Waals surface area contributed by atoms with E-state index in [1.807, 2.05) is 13.1 Å². The van der Waals surface area contributed by atoms with Crippen LogP contribution >= 0.6 is 0 Å². The highest BCUT2D eigenvalue weighted by Crippen LogP contribution is 2.15. The van der Waals surface area contributed by atoms with Crippen LogP contribution < -0.4 is 5.32 Å². The number of nitrogens with one attached hydrogen (secondary N) is 1. The van der Waals surface area contributed by atoms with Crippen LogP contribution in [-0.2, 0) is 0 Å². The van der Waals surface area contributed by atoms with E-state index in [-0.39, 0.29) is 0 Å². The SMILES string of the molecule is C=CCCCCCN(C)C(=NC)NCC1CCN(CCC)C1. The van der Waals surface area contributed by atoms with E-state index in [9.17, 15) is 0 Å². The number of aliphatic imine (C=N–C) groups is 1. The Hall–Kier alpha value is -1.03. The first-order valence-corrected chi connectivity index (χ1v) is 8.96. The van der Waals surface area contributed by atoms with Crippen LogP contribution in [0.4, 0.5) is 0 Å². The molecule has 1 rings (SSSR count). The fourth-order valence-electron chi connectivity index (χ4n) is 3.14. The number of allylic oxidation sites excluding steroid dienone is 1. The molecule has 0 bridgehead atoms. The normalized spacial score (nSPS) is 19.4. The van der Waals surface area contributed by atoms with Crippen LogP contribution in [0.15, 0.2) is 17.6 Å². The minimum absolute atomic E-state index is 0.768. The maximum absolute atomic E-state index is 4.42. The van der Waals surface area contributed by atoms with Crippen LogP contribution in [0.25, 0.3) is 0 Å². The summed E-state index contributed by atoms with van der Waals surface area (Å²) in [7, 11) is 4.02. The highest BCUT2D eigenvalue weighted by molar-refractivity contribution is 5.79. The molecule has 1 N–H and O–H groups in total. The van der Waals surface area contributed by atoms with E-state index in [0.717, 1.165) is 31.4 Å². The number of hydrogen-bond acceptors (Lipinski definition) is 2. The molecule has 0 aromatic heterocycles. The van der Waals surface area contributed by atoms with Gasteiger partial charge in [-0.25, -0.2) is 0 Å². The van der Waals surface area contributed by atoms with Crippen molar-refractivity contribution in [3.05, 3.63) is 12.7 Å². The zero-order chi connectivity index (χ0) is 16.2. The van der Waals surface area contributed by atoms with Crippen molar-refractivity contribution in [1.82, 2.24) is 15.1 Å². The zero-order valence-corrected chi connectivity index (χ0v) is 15.0. The standard InChI is InChI=1S/C18H36N4/c1-5-7-8-9-10-13-21(4)18(19-3)20-15-17-11-14-22(16-17)12-6-2/h5,17H,1,6-16H2,2-4H3,(H,19,20). The van der Waals surface area contributed by atoms with Gasteiger partial charge in [0.05, 0.1) is 0 Å². The lowest BCUT2D eigenvalue weighted by Crippen LogP contribution is -2.41.